The zero-order valence-corrected chi connectivity index (χ0v) is 15.6. The molecule has 1 aliphatic heterocycles. The van der Waals surface area contributed by atoms with Crippen molar-refractivity contribution in [2.24, 2.45) is 17.8 Å². The zero-order valence-electron chi connectivity index (χ0n) is 15.6. The number of rotatable bonds is 6. The van der Waals surface area contributed by atoms with Crippen LogP contribution >= 0.6 is 0 Å². The van der Waals surface area contributed by atoms with Gasteiger partial charge in [-0.2, -0.15) is 0 Å². The van der Waals surface area contributed by atoms with Crippen molar-refractivity contribution < 1.29 is 9.59 Å². The molecule has 1 saturated carbocycles. The Morgan fingerprint density at radius 2 is 1.88 bits per heavy atom. The molecule has 2 rings (SSSR count). The van der Waals surface area contributed by atoms with Gasteiger partial charge in [-0.05, 0) is 44.1 Å². The predicted octanol–water partition coefficient (Wildman–Crippen LogP) is 2.17. The molecule has 0 unspecified atom stereocenters. The number of likely N-dealkylation sites (tertiary alicyclic amines) is 1. The highest BCUT2D eigenvalue weighted by Gasteiger charge is 2.25. The molecule has 138 valence electrons. The molecule has 5 heteroatoms. The number of hydrogen-bond donors (Lipinski definition) is 2. The molecule has 24 heavy (non-hydrogen) atoms. The summed E-state index contributed by atoms with van der Waals surface area (Å²) in [5.41, 5.74) is 0. The summed E-state index contributed by atoms with van der Waals surface area (Å²) in [6, 6.07) is 0.358. The topological polar surface area (TPSA) is 61.4 Å². The van der Waals surface area contributed by atoms with Crippen LogP contribution in [0.4, 0.5) is 0 Å². The molecular formula is C19H35N3O2. The number of hydrogen-bond acceptors (Lipinski definition) is 3. The molecular weight excluding hydrogens is 302 g/mol. The van der Waals surface area contributed by atoms with E-state index in [4.69, 9.17) is 0 Å². The van der Waals surface area contributed by atoms with Crippen LogP contribution in [0.2, 0.25) is 0 Å². The highest BCUT2D eigenvalue weighted by atomic mass is 16.2. The van der Waals surface area contributed by atoms with Crippen LogP contribution in [-0.4, -0.2) is 48.9 Å². The second kappa shape index (κ2) is 9.40. The van der Waals surface area contributed by atoms with Gasteiger partial charge in [-0.25, -0.2) is 0 Å². The Balaban J connectivity index is 1.71. The van der Waals surface area contributed by atoms with Gasteiger partial charge in [0.05, 0.1) is 6.54 Å². The molecule has 2 amide bonds. The first-order chi connectivity index (χ1) is 11.5. The third-order valence-electron chi connectivity index (χ3n) is 5.52. The molecule has 5 nitrogen and oxygen atoms in total. The SMILES string of the molecule is CC(C)C(=O)NC[C@@H]1CCCN(CC(=O)N[C@H]2CCCC[C@H]2C)C1. The number of nitrogens with zero attached hydrogens (tertiary/aromatic N) is 1. The fourth-order valence-corrected chi connectivity index (χ4v) is 3.90. The minimum Gasteiger partial charge on any atom is -0.356 e. The van der Waals surface area contributed by atoms with Crippen LogP contribution < -0.4 is 10.6 Å². The lowest BCUT2D eigenvalue weighted by Gasteiger charge is -2.34. The first-order valence-corrected chi connectivity index (χ1v) is 9.75. The molecule has 2 aliphatic rings. The largest absolute Gasteiger partial charge is 0.356 e. The van der Waals surface area contributed by atoms with E-state index in [0.717, 1.165) is 38.9 Å². The average molecular weight is 338 g/mol. The van der Waals surface area contributed by atoms with Crippen molar-refractivity contribution in [1.82, 2.24) is 15.5 Å². The Morgan fingerprint density at radius 3 is 2.58 bits per heavy atom. The molecule has 0 radical (unpaired) electrons. The van der Waals surface area contributed by atoms with E-state index in [-0.39, 0.29) is 17.7 Å². The predicted molar refractivity (Wildman–Crippen MR) is 96.6 cm³/mol. The van der Waals surface area contributed by atoms with Gasteiger partial charge < -0.3 is 10.6 Å². The monoisotopic (exact) mass is 337 g/mol. The Labute approximate surface area is 146 Å². The Kier molecular flexibility index (Phi) is 7.53. The van der Waals surface area contributed by atoms with Gasteiger partial charge in [0.2, 0.25) is 11.8 Å². The lowest BCUT2D eigenvalue weighted by atomic mass is 9.86. The normalized spacial score (nSPS) is 28.6. The van der Waals surface area contributed by atoms with Gasteiger partial charge in [0.25, 0.3) is 0 Å². The third-order valence-corrected chi connectivity index (χ3v) is 5.52. The van der Waals surface area contributed by atoms with E-state index in [0.29, 0.717) is 24.4 Å². The molecule has 0 spiro atoms. The van der Waals surface area contributed by atoms with E-state index in [2.05, 4.69) is 22.5 Å². The lowest BCUT2D eigenvalue weighted by molar-refractivity contribution is -0.125. The van der Waals surface area contributed by atoms with Crippen molar-refractivity contribution in [2.45, 2.75) is 65.3 Å². The van der Waals surface area contributed by atoms with E-state index in [1.807, 2.05) is 13.8 Å². The maximum Gasteiger partial charge on any atom is 0.234 e. The Hall–Kier alpha value is -1.10. The van der Waals surface area contributed by atoms with E-state index in [9.17, 15) is 9.59 Å². The summed E-state index contributed by atoms with van der Waals surface area (Å²) in [4.78, 5) is 26.3. The van der Waals surface area contributed by atoms with Crippen molar-refractivity contribution in [3.05, 3.63) is 0 Å². The lowest BCUT2D eigenvalue weighted by Crippen LogP contribution is -2.48. The summed E-state index contributed by atoms with van der Waals surface area (Å²) < 4.78 is 0. The first kappa shape index (κ1) is 19.2. The summed E-state index contributed by atoms with van der Waals surface area (Å²) >= 11 is 0. The second-order valence-electron chi connectivity index (χ2n) is 8.08. The number of carbonyl (C=O) groups excluding carboxylic acids is 2. The number of piperidine rings is 1. The van der Waals surface area contributed by atoms with Crippen molar-refractivity contribution in [2.75, 3.05) is 26.2 Å². The molecule has 2 N–H and O–H groups in total. The highest BCUT2D eigenvalue weighted by Crippen LogP contribution is 2.23. The standard InChI is InChI=1S/C19H35N3O2/c1-14(2)19(24)20-11-16-8-6-10-22(12-16)13-18(23)21-17-9-5-4-7-15(17)3/h14-17H,4-13H2,1-3H3,(H,20,24)(H,21,23)/t15-,16+,17+/m1/s1. The maximum atomic E-state index is 12.4. The maximum absolute atomic E-state index is 12.4. The fraction of sp³-hybridized carbons (Fsp3) is 0.895. The molecule has 2 fully saturated rings. The Bertz CT molecular complexity index is 425. The number of amides is 2. The summed E-state index contributed by atoms with van der Waals surface area (Å²) in [5.74, 6) is 1.38. The van der Waals surface area contributed by atoms with E-state index < -0.39 is 0 Å². The summed E-state index contributed by atoms with van der Waals surface area (Å²) in [6.45, 7) is 9.21. The second-order valence-corrected chi connectivity index (χ2v) is 8.08. The van der Waals surface area contributed by atoms with Crippen LogP contribution in [0.5, 0.6) is 0 Å². The van der Waals surface area contributed by atoms with Crippen LogP contribution in [0.3, 0.4) is 0 Å². The smallest absolute Gasteiger partial charge is 0.234 e. The minimum atomic E-state index is 0.0351. The molecule has 0 aromatic heterocycles. The van der Waals surface area contributed by atoms with Gasteiger partial charge in [-0.3, -0.25) is 14.5 Å². The van der Waals surface area contributed by atoms with Crippen molar-refractivity contribution in [3.63, 3.8) is 0 Å². The quantitative estimate of drug-likeness (QED) is 0.781. The molecule has 1 saturated heterocycles. The summed E-state index contributed by atoms with van der Waals surface area (Å²) in [6.07, 6.45) is 7.12. The van der Waals surface area contributed by atoms with Gasteiger partial charge in [0, 0.05) is 25.0 Å². The zero-order chi connectivity index (χ0) is 17.5. The first-order valence-electron chi connectivity index (χ1n) is 9.75. The van der Waals surface area contributed by atoms with Crippen molar-refractivity contribution in [1.29, 1.82) is 0 Å². The number of nitrogens with one attached hydrogen (secondary N) is 2. The number of carbonyl (C=O) groups is 2. The molecule has 1 aliphatic carbocycles. The van der Waals surface area contributed by atoms with Crippen LogP contribution in [0, 0.1) is 17.8 Å². The van der Waals surface area contributed by atoms with E-state index in [1.54, 1.807) is 0 Å². The van der Waals surface area contributed by atoms with Crippen LogP contribution in [0.25, 0.3) is 0 Å². The van der Waals surface area contributed by atoms with E-state index >= 15 is 0 Å². The molecule has 3 atom stereocenters. The van der Waals surface area contributed by atoms with Gasteiger partial charge in [-0.15, -0.1) is 0 Å². The highest BCUT2D eigenvalue weighted by molar-refractivity contribution is 5.78. The van der Waals surface area contributed by atoms with Crippen LogP contribution in [-0.2, 0) is 9.59 Å². The van der Waals surface area contributed by atoms with Crippen LogP contribution in [0.1, 0.15) is 59.3 Å². The van der Waals surface area contributed by atoms with Gasteiger partial charge >= 0.3 is 0 Å². The van der Waals surface area contributed by atoms with Crippen LogP contribution in [0.15, 0.2) is 0 Å². The average Bonchev–Trinajstić information content (AvgIpc) is 2.55. The molecule has 0 aromatic carbocycles. The van der Waals surface area contributed by atoms with Crippen molar-refractivity contribution in [3.8, 4) is 0 Å². The van der Waals surface area contributed by atoms with Gasteiger partial charge in [-0.1, -0.05) is 33.6 Å². The van der Waals surface area contributed by atoms with Crippen molar-refractivity contribution >= 4 is 11.8 Å². The summed E-state index contributed by atoms with van der Waals surface area (Å²) in [5, 5.41) is 6.28. The molecule has 0 aromatic rings. The van der Waals surface area contributed by atoms with E-state index in [1.165, 1.54) is 19.3 Å². The third kappa shape index (κ3) is 6.08. The van der Waals surface area contributed by atoms with Gasteiger partial charge in [0.15, 0.2) is 0 Å². The fourth-order valence-electron chi connectivity index (χ4n) is 3.90. The molecule has 0 bridgehead atoms. The minimum absolute atomic E-state index is 0.0351. The summed E-state index contributed by atoms with van der Waals surface area (Å²) in [7, 11) is 0. The van der Waals surface area contributed by atoms with Gasteiger partial charge in [0.1, 0.15) is 0 Å². The molecule has 1 heterocycles. The Morgan fingerprint density at radius 1 is 1.12 bits per heavy atom.